The number of hydrogen-bond donors (Lipinski definition) is 2. The molecule has 0 aromatic carbocycles. The molecule has 0 bridgehead atoms. The van der Waals surface area contributed by atoms with Crippen LogP contribution in [0.5, 0.6) is 0 Å². The number of carbonyl (C=O) groups excluding carboxylic acids is 1. The molecule has 1 aromatic rings. The Morgan fingerprint density at radius 2 is 2.37 bits per heavy atom. The van der Waals surface area contributed by atoms with Crippen LogP contribution in [0.15, 0.2) is 11.6 Å². The SMILES string of the molecule is C[C@@H]1CCCC[C@@H]1OCCNC(=O)Nc1nccs1. The molecule has 19 heavy (non-hydrogen) atoms. The van der Waals surface area contributed by atoms with Crippen LogP contribution in [0.1, 0.15) is 32.6 Å². The van der Waals surface area contributed by atoms with E-state index >= 15 is 0 Å². The Hall–Kier alpha value is -1.14. The van der Waals surface area contributed by atoms with Crippen LogP contribution >= 0.6 is 11.3 Å². The molecule has 0 radical (unpaired) electrons. The van der Waals surface area contributed by atoms with Crippen LogP contribution in [-0.4, -0.2) is 30.3 Å². The minimum Gasteiger partial charge on any atom is -0.376 e. The topological polar surface area (TPSA) is 63.2 Å². The lowest BCUT2D eigenvalue weighted by Gasteiger charge is -2.28. The molecule has 1 aliphatic carbocycles. The molecule has 5 nitrogen and oxygen atoms in total. The van der Waals surface area contributed by atoms with Gasteiger partial charge in [-0.2, -0.15) is 0 Å². The highest BCUT2D eigenvalue weighted by Gasteiger charge is 2.21. The van der Waals surface area contributed by atoms with Crippen LogP contribution in [0.4, 0.5) is 9.93 Å². The maximum Gasteiger partial charge on any atom is 0.321 e. The molecule has 0 aliphatic heterocycles. The standard InChI is InChI=1S/C13H21N3O2S/c1-10-4-2-3-5-11(10)18-8-6-14-12(17)16-13-15-7-9-19-13/h7,9-11H,2-6,8H2,1H3,(H2,14,15,16,17)/t10-,11+/m1/s1. The van der Waals surface area contributed by atoms with E-state index < -0.39 is 0 Å². The van der Waals surface area contributed by atoms with Crippen molar-refractivity contribution in [3.05, 3.63) is 11.6 Å². The van der Waals surface area contributed by atoms with Gasteiger partial charge in [-0.1, -0.05) is 19.8 Å². The quantitative estimate of drug-likeness (QED) is 0.817. The van der Waals surface area contributed by atoms with Crippen molar-refractivity contribution in [2.24, 2.45) is 5.92 Å². The van der Waals surface area contributed by atoms with Crippen molar-refractivity contribution in [1.82, 2.24) is 10.3 Å². The predicted molar refractivity (Wildman–Crippen MR) is 76.5 cm³/mol. The van der Waals surface area contributed by atoms with E-state index in [9.17, 15) is 4.79 Å². The molecule has 2 rings (SSSR count). The number of amides is 2. The molecule has 0 saturated heterocycles. The summed E-state index contributed by atoms with van der Waals surface area (Å²) in [6.07, 6.45) is 6.99. The first-order valence-corrected chi connectivity index (χ1v) is 7.69. The Balaban J connectivity index is 1.57. The van der Waals surface area contributed by atoms with Gasteiger partial charge in [0.2, 0.25) is 0 Å². The average molecular weight is 283 g/mol. The van der Waals surface area contributed by atoms with E-state index in [-0.39, 0.29) is 6.03 Å². The lowest BCUT2D eigenvalue weighted by Crippen LogP contribution is -2.34. The summed E-state index contributed by atoms with van der Waals surface area (Å²) in [4.78, 5) is 15.5. The van der Waals surface area contributed by atoms with Gasteiger partial charge in [0.15, 0.2) is 5.13 Å². The molecule has 0 spiro atoms. The number of aromatic nitrogens is 1. The second-order valence-corrected chi connectivity index (χ2v) is 5.78. The number of nitrogens with zero attached hydrogens (tertiary/aromatic N) is 1. The molecule has 1 heterocycles. The molecule has 1 aromatic heterocycles. The van der Waals surface area contributed by atoms with Gasteiger partial charge in [0.25, 0.3) is 0 Å². The molecule has 0 unspecified atom stereocenters. The summed E-state index contributed by atoms with van der Waals surface area (Å²) in [5, 5.41) is 7.87. The Bertz CT molecular complexity index is 383. The second-order valence-electron chi connectivity index (χ2n) is 4.89. The summed E-state index contributed by atoms with van der Waals surface area (Å²) >= 11 is 1.40. The normalized spacial score (nSPS) is 23.0. The van der Waals surface area contributed by atoms with Crippen molar-refractivity contribution in [1.29, 1.82) is 0 Å². The molecule has 106 valence electrons. The first-order valence-electron chi connectivity index (χ1n) is 6.81. The van der Waals surface area contributed by atoms with Gasteiger partial charge in [0.05, 0.1) is 12.7 Å². The van der Waals surface area contributed by atoms with Gasteiger partial charge in [-0.3, -0.25) is 5.32 Å². The van der Waals surface area contributed by atoms with Gasteiger partial charge in [-0.25, -0.2) is 9.78 Å². The number of nitrogens with one attached hydrogen (secondary N) is 2. The van der Waals surface area contributed by atoms with Crippen LogP contribution < -0.4 is 10.6 Å². The third-order valence-electron chi connectivity index (χ3n) is 3.41. The zero-order chi connectivity index (χ0) is 13.5. The number of anilines is 1. The van der Waals surface area contributed by atoms with Gasteiger partial charge < -0.3 is 10.1 Å². The summed E-state index contributed by atoms with van der Waals surface area (Å²) in [7, 11) is 0. The van der Waals surface area contributed by atoms with Crippen LogP contribution in [0.2, 0.25) is 0 Å². The number of carbonyl (C=O) groups is 1. The molecule has 2 amide bonds. The fourth-order valence-corrected chi connectivity index (χ4v) is 2.86. The Kier molecular flexibility index (Phi) is 5.60. The number of urea groups is 1. The number of thiazole rings is 1. The molecule has 1 aliphatic rings. The third-order valence-corrected chi connectivity index (χ3v) is 4.09. The van der Waals surface area contributed by atoms with E-state index in [1.54, 1.807) is 6.20 Å². The maximum atomic E-state index is 11.5. The van der Waals surface area contributed by atoms with E-state index in [1.807, 2.05) is 5.38 Å². The largest absolute Gasteiger partial charge is 0.376 e. The Morgan fingerprint density at radius 3 is 3.11 bits per heavy atom. The van der Waals surface area contributed by atoms with Gasteiger partial charge in [-0.15, -0.1) is 11.3 Å². The zero-order valence-electron chi connectivity index (χ0n) is 11.2. The highest BCUT2D eigenvalue weighted by molar-refractivity contribution is 7.13. The van der Waals surface area contributed by atoms with E-state index in [2.05, 4.69) is 22.5 Å². The van der Waals surface area contributed by atoms with Gasteiger partial charge in [0.1, 0.15) is 0 Å². The van der Waals surface area contributed by atoms with Crippen molar-refractivity contribution in [3.8, 4) is 0 Å². The van der Waals surface area contributed by atoms with E-state index in [0.29, 0.717) is 30.3 Å². The molecule has 2 N–H and O–H groups in total. The third kappa shape index (κ3) is 4.80. The van der Waals surface area contributed by atoms with Gasteiger partial charge >= 0.3 is 6.03 Å². The smallest absolute Gasteiger partial charge is 0.321 e. The lowest BCUT2D eigenvalue weighted by molar-refractivity contribution is -0.00232. The Labute approximate surface area is 117 Å². The van der Waals surface area contributed by atoms with Crippen molar-refractivity contribution in [2.75, 3.05) is 18.5 Å². The van der Waals surface area contributed by atoms with Crippen LogP contribution in [0.3, 0.4) is 0 Å². The second kappa shape index (κ2) is 7.45. The minimum atomic E-state index is -0.227. The first kappa shape index (κ1) is 14.3. The number of ether oxygens (including phenoxy) is 1. The zero-order valence-corrected chi connectivity index (χ0v) is 12.0. The van der Waals surface area contributed by atoms with E-state index in [0.717, 1.165) is 6.42 Å². The summed E-state index contributed by atoms with van der Waals surface area (Å²) in [5.74, 6) is 0.637. The van der Waals surface area contributed by atoms with Gasteiger partial charge in [0, 0.05) is 18.1 Å². The number of rotatable bonds is 5. The number of hydrogen-bond acceptors (Lipinski definition) is 4. The summed E-state index contributed by atoms with van der Waals surface area (Å²) in [5.41, 5.74) is 0. The molecular formula is C13H21N3O2S. The maximum absolute atomic E-state index is 11.5. The first-order chi connectivity index (χ1) is 9.25. The van der Waals surface area contributed by atoms with Crippen LogP contribution in [0, 0.1) is 5.92 Å². The molecule has 1 fully saturated rings. The Morgan fingerprint density at radius 1 is 1.53 bits per heavy atom. The van der Waals surface area contributed by atoms with Crippen molar-refractivity contribution in [3.63, 3.8) is 0 Å². The fourth-order valence-electron chi connectivity index (χ4n) is 2.33. The predicted octanol–water partition coefficient (Wildman–Crippen LogP) is 2.86. The molecular weight excluding hydrogens is 262 g/mol. The summed E-state index contributed by atoms with van der Waals surface area (Å²) < 4.78 is 5.83. The lowest BCUT2D eigenvalue weighted by atomic mass is 9.88. The molecule has 1 saturated carbocycles. The van der Waals surface area contributed by atoms with Crippen LogP contribution in [-0.2, 0) is 4.74 Å². The average Bonchev–Trinajstić information content (AvgIpc) is 2.89. The van der Waals surface area contributed by atoms with Crippen molar-refractivity contribution < 1.29 is 9.53 Å². The summed E-state index contributed by atoms with van der Waals surface area (Å²) in [6, 6.07) is -0.227. The van der Waals surface area contributed by atoms with Crippen LogP contribution in [0.25, 0.3) is 0 Å². The highest BCUT2D eigenvalue weighted by atomic mass is 32.1. The molecule has 6 heteroatoms. The van der Waals surface area contributed by atoms with Crippen molar-refractivity contribution >= 4 is 22.5 Å². The fraction of sp³-hybridized carbons (Fsp3) is 0.692. The van der Waals surface area contributed by atoms with E-state index in [4.69, 9.17) is 4.74 Å². The van der Waals surface area contributed by atoms with Crippen molar-refractivity contribution in [2.45, 2.75) is 38.7 Å². The van der Waals surface area contributed by atoms with E-state index in [1.165, 1.54) is 30.6 Å². The molecule has 2 atom stereocenters. The summed E-state index contributed by atoms with van der Waals surface area (Å²) in [6.45, 7) is 3.34. The van der Waals surface area contributed by atoms with Gasteiger partial charge in [-0.05, 0) is 18.8 Å². The highest BCUT2D eigenvalue weighted by Crippen LogP contribution is 2.25. The minimum absolute atomic E-state index is 0.227. The monoisotopic (exact) mass is 283 g/mol.